The molecule has 0 unspecified atom stereocenters. The minimum absolute atomic E-state index is 0.0187. The molecule has 2 aliphatic rings. The number of halogens is 4. The van der Waals surface area contributed by atoms with Crippen LogP contribution in [0.5, 0.6) is 11.5 Å². The molecule has 4 rings (SSSR count). The summed E-state index contributed by atoms with van der Waals surface area (Å²) < 4.78 is 98.1. The van der Waals surface area contributed by atoms with Gasteiger partial charge >= 0.3 is 18.1 Å². The highest BCUT2D eigenvalue weighted by Gasteiger charge is 2.51. The normalized spacial score (nSPS) is 18.2. The van der Waals surface area contributed by atoms with Crippen molar-refractivity contribution in [2.45, 2.75) is 62.3 Å². The maximum absolute atomic E-state index is 14.1. The summed E-state index contributed by atoms with van der Waals surface area (Å²) in [5.74, 6) is -3.76. The lowest BCUT2D eigenvalue weighted by Crippen LogP contribution is -2.47. The van der Waals surface area contributed by atoms with E-state index in [1.165, 1.54) is 25.3 Å². The molecule has 0 radical (unpaired) electrons. The third-order valence-corrected chi connectivity index (χ3v) is 8.92. The predicted octanol–water partition coefficient (Wildman–Crippen LogP) is 4.72. The number of aliphatic carboxylic acids is 1. The second-order valence-electron chi connectivity index (χ2n) is 10.5. The zero-order chi connectivity index (χ0) is 30.3. The number of carbonyl (C=O) groups is 2. The van der Waals surface area contributed by atoms with Crippen LogP contribution in [0.25, 0.3) is 0 Å². The molecule has 9 nitrogen and oxygen atoms in total. The Morgan fingerprint density at radius 3 is 2.41 bits per heavy atom. The molecule has 1 saturated carbocycles. The molecule has 1 aliphatic carbocycles. The van der Waals surface area contributed by atoms with Crippen molar-refractivity contribution in [3.8, 4) is 11.5 Å². The number of hydrogen-bond acceptors (Lipinski definition) is 7. The number of sulfonamides is 1. The molecule has 0 spiro atoms. The number of carbonyl (C=O) groups excluding carboxylic acids is 1. The molecule has 1 heterocycles. The number of carboxylic acid groups (broad SMARTS) is 1. The van der Waals surface area contributed by atoms with Gasteiger partial charge in [0.05, 0.1) is 37.1 Å². The van der Waals surface area contributed by atoms with Crippen LogP contribution in [0.15, 0.2) is 41.3 Å². The lowest BCUT2D eigenvalue weighted by Gasteiger charge is -2.39. The molecule has 0 bridgehead atoms. The molecule has 224 valence electrons. The molecule has 0 amide bonds. The quantitative estimate of drug-likeness (QED) is 0.306. The van der Waals surface area contributed by atoms with Gasteiger partial charge in [-0.2, -0.15) is 13.2 Å². The molecule has 2 aromatic carbocycles. The van der Waals surface area contributed by atoms with Gasteiger partial charge in [-0.25, -0.2) is 12.8 Å². The van der Waals surface area contributed by atoms with E-state index in [0.717, 1.165) is 35.3 Å². The topological polar surface area (TPSA) is 119 Å². The number of alkyl halides is 3. The number of hydrogen-bond donors (Lipinski definition) is 1. The van der Waals surface area contributed by atoms with Crippen molar-refractivity contribution in [2.24, 2.45) is 11.8 Å². The molecule has 1 aliphatic heterocycles. The van der Waals surface area contributed by atoms with Crippen molar-refractivity contribution in [3.05, 3.63) is 47.8 Å². The maximum atomic E-state index is 14.1. The largest absolute Gasteiger partial charge is 0.494 e. The van der Waals surface area contributed by atoms with Crippen molar-refractivity contribution in [3.63, 3.8) is 0 Å². The van der Waals surface area contributed by atoms with Crippen molar-refractivity contribution < 1.29 is 54.9 Å². The lowest BCUT2D eigenvalue weighted by molar-refractivity contribution is -0.257. The lowest BCUT2D eigenvalue weighted by atomic mass is 9.92. The SMILES string of the molecule is COc1cc(S(=O)(=O)N2C[C@H]([C@@H](CC(=O)O)C3CC3)Oc3ccc(CC(=O)OC(C)(C)C(F)(F)F)cc32)ccc1F. The minimum atomic E-state index is -4.81. The summed E-state index contributed by atoms with van der Waals surface area (Å²) in [4.78, 5) is 23.7. The Hall–Kier alpha value is -3.55. The zero-order valence-corrected chi connectivity index (χ0v) is 23.2. The van der Waals surface area contributed by atoms with Gasteiger partial charge in [0.1, 0.15) is 11.9 Å². The van der Waals surface area contributed by atoms with E-state index in [4.69, 9.17) is 9.47 Å². The fourth-order valence-electron chi connectivity index (χ4n) is 4.68. The van der Waals surface area contributed by atoms with Crippen molar-refractivity contribution in [1.82, 2.24) is 0 Å². The van der Waals surface area contributed by atoms with E-state index in [2.05, 4.69) is 4.74 Å². The van der Waals surface area contributed by atoms with Gasteiger partial charge in [0, 0.05) is 12.0 Å². The summed E-state index contributed by atoms with van der Waals surface area (Å²) >= 11 is 0. The highest BCUT2D eigenvalue weighted by molar-refractivity contribution is 7.92. The van der Waals surface area contributed by atoms with Gasteiger partial charge in [0.2, 0.25) is 5.60 Å². The molecule has 1 N–H and O–H groups in total. The Labute approximate surface area is 234 Å². The highest BCUT2D eigenvalue weighted by atomic mass is 32.2. The average Bonchev–Trinajstić information content (AvgIpc) is 3.71. The molecule has 1 fully saturated rings. The number of rotatable bonds is 10. The van der Waals surface area contributed by atoms with E-state index in [1.807, 2.05) is 0 Å². The predicted molar refractivity (Wildman–Crippen MR) is 137 cm³/mol. The number of methoxy groups -OCH3 is 1. The van der Waals surface area contributed by atoms with Crippen molar-refractivity contribution in [2.75, 3.05) is 18.0 Å². The molecular formula is C27H29F4NO8S. The molecule has 0 saturated heterocycles. The maximum Gasteiger partial charge on any atom is 0.427 e. The Bertz CT molecular complexity index is 1440. The van der Waals surface area contributed by atoms with E-state index >= 15 is 0 Å². The van der Waals surface area contributed by atoms with Gasteiger partial charge in [-0.3, -0.25) is 13.9 Å². The zero-order valence-electron chi connectivity index (χ0n) is 22.4. The molecule has 41 heavy (non-hydrogen) atoms. The summed E-state index contributed by atoms with van der Waals surface area (Å²) in [5, 5.41) is 9.47. The van der Waals surface area contributed by atoms with Gasteiger partial charge in [0.15, 0.2) is 11.6 Å². The van der Waals surface area contributed by atoms with Gasteiger partial charge in [0.25, 0.3) is 10.0 Å². The number of esters is 1. The molecular weight excluding hydrogens is 574 g/mol. The van der Waals surface area contributed by atoms with E-state index in [1.54, 1.807) is 0 Å². The third kappa shape index (κ3) is 6.52. The van der Waals surface area contributed by atoms with Crippen LogP contribution >= 0.6 is 0 Å². The molecule has 0 aromatic heterocycles. The second kappa shape index (κ2) is 11.0. The summed E-state index contributed by atoms with van der Waals surface area (Å²) in [6.07, 6.45) is -4.97. The van der Waals surface area contributed by atoms with Crippen LogP contribution in [-0.4, -0.2) is 57.0 Å². The van der Waals surface area contributed by atoms with Gasteiger partial charge < -0.3 is 19.3 Å². The van der Waals surface area contributed by atoms with Crippen LogP contribution in [0.3, 0.4) is 0 Å². The molecule has 14 heteroatoms. The Kier molecular flexibility index (Phi) is 8.18. The van der Waals surface area contributed by atoms with Crippen LogP contribution in [0, 0.1) is 17.7 Å². The van der Waals surface area contributed by atoms with E-state index in [9.17, 15) is 40.7 Å². The Morgan fingerprint density at radius 2 is 1.83 bits per heavy atom. The first-order valence-corrected chi connectivity index (χ1v) is 14.1. The van der Waals surface area contributed by atoms with Crippen LogP contribution in [0.4, 0.5) is 23.2 Å². The first-order valence-electron chi connectivity index (χ1n) is 12.7. The van der Waals surface area contributed by atoms with Gasteiger partial charge in [-0.15, -0.1) is 0 Å². The van der Waals surface area contributed by atoms with Crippen LogP contribution in [0.1, 0.15) is 38.7 Å². The standard InChI is InChI=1S/C27H29F4NO8S/c1-26(2,27(29,30)31)40-25(35)11-15-4-9-21-20(10-15)32(14-23(39-21)18(13-24(33)34)16-5-6-16)41(36,37)17-7-8-19(28)22(12-17)38-3/h4,7-10,12,16,18,23H,5-6,11,13-14H2,1-3H3,(H,33,34)/t18-,23+/m0/s1. The fourth-order valence-corrected chi connectivity index (χ4v) is 6.18. The first kappa shape index (κ1) is 30.4. The summed E-state index contributed by atoms with van der Waals surface area (Å²) in [6, 6.07) is 7.03. The number of benzene rings is 2. The monoisotopic (exact) mass is 603 g/mol. The van der Waals surface area contributed by atoms with Crippen molar-refractivity contribution in [1.29, 1.82) is 0 Å². The highest BCUT2D eigenvalue weighted by Crippen LogP contribution is 2.46. The number of fused-ring (bicyclic) bond motifs is 1. The van der Waals surface area contributed by atoms with Gasteiger partial charge in [-0.05, 0) is 62.4 Å². The first-order chi connectivity index (χ1) is 19.0. The smallest absolute Gasteiger partial charge is 0.427 e. The Balaban J connectivity index is 1.73. The number of nitrogens with zero attached hydrogens (tertiary/aromatic N) is 1. The summed E-state index contributed by atoms with van der Waals surface area (Å²) in [5.41, 5.74) is -2.61. The molecule has 2 atom stereocenters. The third-order valence-electron chi connectivity index (χ3n) is 7.14. The average molecular weight is 604 g/mol. The summed E-state index contributed by atoms with van der Waals surface area (Å²) in [7, 11) is -3.25. The Morgan fingerprint density at radius 1 is 1.15 bits per heavy atom. The molecule has 2 aromatic rings. The van der Waals surface area contributed by atoms with Crippen molar-refractivity contribution >= 4 is 27.6 Å². The van der Waals surface area contributed by atoms with Crippen LogP contribution < -0.4 is 13.8 Å². The number of ether oxygens (including phenoxy) is 3. The van der Waals surface area contributed by atoms with Crippen LogP contribution in [0.2, 0.25) is 0 Å². The van der Waals surface area contributed by atoms with E-state index in [0.29, 0.717) is 13.8 Å². The van der Waals surface area contributed by atoms with Gasteiger partial charge in [-0.1, -0.05) is 6.07 Å². The minimum Gasteiger partial charge on any atom is -0.494 e. The fraction of sp³-hybridized carbons (Fsp3) is 0.481. The summed E-state index contributed by atoms with van der Waals surface area (Å²) in [6.45, 7) is 1.13. The number of carboxylic acids is 1. The van der Waals surface area contributed by atoms with E-state index in [-0.39, 0.29) is 46.5 Å². The van der Waals surface area contributed by atoms with E-state index < -0.39 is 58.0 Å². The number of anilines is 1. The second-order valence-corrected chi connectivity index (χ2v) is 12.4. The van der Waals surface area contributed by atoms with Crippen LogP contribution in [-0.2, 0) is 30.8 Å².